The third-order valence-electron chi connectivity index (χ3n) is 3.82. The van der Waals surface area contributed by atoms with Crippen molar-refractivity contribution in [1.29, 1.82) is 0 Å². The topological polar surface area (TPSA) is 96.7 Å². The van der Waals surface area contributed by atoms with Crippen LogP contribution in [-0.4, -0.2) is 26.7 Å². The highest BCUT2D eigenvalue weighted by Gasteiger charge is 2.12. The molecule has 0 unspecified atom stereocenters. The molecule has 0 fully saturated rings. The van der Waals surface area contributed by atoms with E-state index in [1.54, 1.807) is 13.0 Å². The molecule has 0 aliphatic carbocycles. The van der Waals surface area contributed by atoms with E-state index in [-0.39, 0.29) is 0 Å². The highest BCUT2D eigenvalue weighted by Crippen LogP contribution is 2.34. The van der Waals surface area contributed by atoms with Crippen molar-refractivity contribution >= 4 is 34.7 Å². The maximum absolute atomic E-state index is 10.7. The average Bonchev–Trinajstić information content (AvgIpc) is 3.22. The Morgan fingerprint density at radius 1 is 1.20 bits per heavy atom. The van der Waals surface area contributed by atoms with Gasteiger partial charge in [-0.3, -0.25) is 9.89 Å². The molecule has 0 bridgehead atoms. The number of carbonyl (C=O) groups is 1. The summed E-state index contributed by atoms with van der Waals surface area (Å²) in [7, 11) is 0. The van der Waals surface area contributed by atoms with Gasteiger partial charge >= 0.3 is 0 Å². The maximum Gasteiger partial charge on any atom is 0.223 e. The molecule has 8 heteroatoms. The van der Waals surface area contributed by atoms with E-state index in [2.05, 4.69) is 25.7 Å². The quantitative estimate of drug-likeness (QED) is 0.544. The molecule has 2 N–H and O–H groups in total. The number of aromatic nitrogens is 4. The zero-order valence-corrected chi connectivity index (χ0v) is 13.8. The van der Waals surface area contributed by atoms with Crippen molar-refractivity contribution in [3.63, 3.8) is 0 Å². The van der Waals surface area contributed by atoms with Crippen LogP contribution in [0.5, 0.6) is 0 Å². The van der Waals surface area contributed by atoms with Crippen LogP contribution in [0.4, 0.5) is 5.82 Å². The first-order chi connectivity index (χ1) is 12.2. The molecule has 2 heterocycles. The highest BCUT2D eigenvalue weighted by molar-refractivity contribution is 6.33. The smallest absolute Gasteiger partial charge is 0.223 e. The summed E-state index contributed by atoms with van der Waals surface area (Å²) in [6.07, 6.45) is 0.592. The normalized spacial score (nSPS) is 11.0. The van der Waals surface area contributed by atoms with E-state index >= 15 is 0 Å². The number of nitrogens with zero attached hydrogens (tertiary/aromatic N) is 3. The lowest BCUT2D eigenvalue weighted by Gasteiger charge is -2.07. The third-order valence-corrected chi connectivity index (χ3v) is 4.15. The van der Waals surface area contributed by atoms with Gasteiger partial charge in [0.25, 0.3) is 0 Å². The van der Waals surface area contributed by atoms with Crippen molar-refractivity contribution in [2.24, 2.45) is 0 Å². The zero-order valence-electron chi connectivity index (χ0n) is 13.1. The Bertz CT molecular complexity index is 1090. The summed E-state index contributed by atoms with van der Waals surface area (Å²) in [6, 6.07) is 11.3. The largest absolute Gasteiger partial charge is 0.339 e. The second-order valence-corrected chi connectivity index (χ2v) is 5.83. The molecular weight excluding hydrogens is 342 g/mol. The number of nitrogens with one attached hydrogen (secondary N) is 2. The SMILES string of the molecule is Cc1nc(-c2ccc(Cl)c(-c3ccc4[nH]nc(NC=O)c4c3)c2)no1. The van der Waals surface area contributed by atoms with Crippen LogP contribution in [0.15, 0.2) is 40.9 Å². The van der Waals surface area contributed by atoms with Gasteiger partial charge in [0.2, 0.25) is 18.1 Å². The Hall–Kier alpha value is -3.19. The van der Waals surface area contributed by atoms with Crippen molar-refractivity contribution in [2.45, 2.75) is 6.92 Å². The van der Waals surface area contributed by atoms with E-state index < -0.39 is 0 Å². The molecule has 0 spiro atoms. The summed E-state index contributed by atoms with van der Waals surface area (Å²) in [5.74, 6) is 1.46. The van der Waals surface area contributed by atoms with Gasteiger partial charge in [0.05, 0.1) is 5.52 Å². The molecule has 4 rings (SSSR count). The van der Waals surface area contributed by atoms with Crippen molar-refractivity contribution in [2.75, 3.05) is 5.32 Å². The number of hydrogen-bond donors (Lipinski definition) is 2. The van der Waals surface area contributed by atoms with Gasteiger partial charge in [-0.15, -0.1) is 0 Å². The van der Waals surface area contributed by atoms with E-state index in [0.29, 0.717) is 29.0 Å². The van der Waals surface area contributed by atoms with Gasteiger partial charge in [-0.2, -0.15) is 10.1 Å². The number of aryl methyl sites for hydroxylation is 1. The van der Waals surface area contributed by atoms with Gasteiger partial charge in [0, 0.05) is 28.5 Å². The number of halogens is 1. The third kappa shape index (κ3) is 2.74. The van der Waals surface area contributed by atoms with Gasteiger partial charge in [-0.25, -0.2) is 0 Å². The van der Waals surface area contributed by atoms with Gasteiger partial charge < -0.3 is 9.84 Å². The molecule has 4 aromatic rings. The lowest BCUT2D eigenvalue weighted by Crippen LogP contribution is -1.94. The highest BCUT2D eigenvalue weighted by atomic mass is 35.5. The lowest BCUT2D eigenvalue weighted by molar-refractivity contribution is -0.105. The molecule has 0 aliphatic heterocycles. The minimum Gasteiger partial charge on any atom is -0.339 e. The van der Waals surface area contributed by atoms with Crippen LogP contribution in [0.3, 0.4) is 0 Å². The summed E-state index contributed by atoms with van der Waals surface area (Å²) in [6.45, 7) is 1.74. The second-order valence-electron chi connectivity index (χ2n) is 5.43. The molecule has 0 aliphatic rings. The molecular formula is C17H12ClN5O2. The Morgan fingerprint density at radius 3 is 2.80 bits per heavy atom. The number of fused-ring (bicyclic) bond motifs is 1. The van der Waals surface area contributed by atoms with Crippen LogP contribution in [0, 0.1) is 6.92 Å². The molecule has 0 radical (unpaired) electrons. The molecule has 0 atom stereocenters. The van der Waals surface area contributed by atoms with Crippen LogP contribution in [-0.2, 0) is 4.79 Å². The number of carbonyl (C=O) groups excluding carboxylic acids is 1. The molecule has 7 nitrogen and oxygen atoms in total. The van der Waals surface area contributed by atoms with Gasteiger partial charge in [0.15, 0.2) is 5.82 Å². The van der Waals surface area contributed by atoms with E-state index in [9.17, 15) is 4.79 Å². The Balaban J connectivity index is 1.84. The van der Waals surface area contributed by atoms with Crippen LogP contribution in [0.2, 0.25) is 5.02 Å². The minimum atomic E-state index is 0.466. The number of aromatic amines is 1. The zero-order chi connectivity index (χ0) is 17.4. The van der Waals surface area contributed by atoms with E-state index in [1.165, 1.54) is 0 Å². The summed E-state index contributed by atoms with van der Waals surface area (Å²) >= 11 is 6.39. The standard InChI is InChI=1S/C17H12ClN5O2/c1-9-20-16(23-25-9)11-2-4-14(18)12(7-11)10-3-5-15-13(6-10)17(19-8-24)22-21-15/h2-8H,1H3,(H2,19,21,22,24). The van der Waals surface area contributed by atoms with E-state index in [1.807, 2.05) is 30.3 Å². The number of H-pyrrole nitrogens is 1. The molecule has 2 aromatic heterocycles. The predicted molar refractivity (Wildman–Crippen MR) is 94.3 cm³/mol. The van der Waals surface area contributed by atoms with Crippen molar-refractivity contribution in [3.05, 3.63) is 47.3 Å². The predicted octanol–water partition coefficient (Wildman–Crippen LogP) is 3.81. The summed E-state index contributed by atoms with van der Waals surface area (Å²) < 4.78 is 5.04. The van der Waals surface area contributed by atoms with E-state index in [0.717, 1.165) is 27.6 Å². The maximum atomic E-state index is 10.7. The molecule has 0 saturated heterocycles. The number of benzene rings is 2. The Labute approximate surface area is 147 Å². The first-order valence-electron chi connectivity index (χ1n) is 7.44. The Morgan fingerprint density at radius 2 is 2.04 bits per heavy atom. The van der Waals surface area contributed by atoms with Crippen molar-refractivity contribution in [1.82, 2.24) is 20.3 Å². The molecule has 25 heavy (non-hydrogen) atoms. The lowest BCUT2D eigenvalue weighted by atomic mass is 10.0. The number of rotatable bonds is 4. The molecule has 0 saturated carbocycles. The number of anilines is 1. The average molecular weight is 354 g/mol. The van der Waals surface area contributed by atoms with Crippen LogP contribution < -0.4 is 5.32 Å². The fourth-order valence-electron chi connectivity index (χ4n) is 2.65. The second kappa shape index (κ2) is 6.03. The van der Waals surface area contributed by atoms with Crippen LogP contribution in [0.25, 0.3) is 33.4 Å². The summed E-state index contributed by atoms with van der Waals surface area (Å²) in [5.41, 5.74) is 3.32. The first kappa shape index (κ1) is 15.3. The minimum absolute atomic E-state index is 0.466. The molecule has 1 amide bonds. The van der Waals surface area contributed by atoms with Crippen LogP contribution in [0.1, 0.15) is 5.89 Å². The first-order valence-corrected chi connectivity index (χ1v) is 7.82. The monoisotopic (exact) mass is 353 g/mol. The van der Waals surface area contributed by atoms with Crippen molar-refractivity contribution in [3.8, 4) is 22.5 Å². The fraction of sp³-hybridized carbons (Fsp3) is 0.0588. The number of hydrogen-bond acceptors (Lipinski definition) is 5. The van der Waals surface area contributed by atoms with E-state index in [4.69, 9.17) is 16.1 Å². The summed E-state index contributed by atoms with van der Waals surface area (Å²) in [5, 5.41) is 14.8. The van der Waals surface area contributed by atoms with Crippen LogP contribution >= 0.6 is 11.6 Å². The van der Waals surface area contributed by atoms with Crippen molar-refractivity contribution < 1.29 is 9.32 Å². The fourth-order valence-corrected chi connectivity index (χ4v) is 2.88. The molecule has 2 aromatic carbocycles. The summed E-state index contributed by atoms with van der Waals surface area (Å²) in [4.78, 5) is 15.0. The molecule has 124 valence electrons. The number of amides is 1. The van der Waals surface area contributed by atoms with Gasteiger partial charge in [-0.05, 0) is 35.9 Å². The van der Waals surface area contributed by atoms with Gasteiger partial charge in [-0.1, -0.05) is 22.8 Å². The van der Waals surface area contributed by atoms with Gasteiger partial charge in [0.1, 0.15) is 0 Å². The Kier molecular flexibility index (Phi) is 3.70.